The molecule has 16 heavy (non-hydrogen) atoms. The minimum absolute atomic E-state index is 0.219. The third kappa shape index (κ3) is 2.07. The Labute approximate surface area is 97.8 Å². The second kappa shape index (κ2) is 4.10. The van der Waals surface area contributed by atoms with Crippen molar-refractivity contribution in [2.45, 2.75) is 51.2 Å². The molecule has 88 valence electrons. The molecule has 2 heteroatoms. The molecular formula is C14H21NO. The van der Waals surface area contributed by atoms with Crippen LogP contribution in [0.1, 0.15) is 39.2 Å². The van der Waals surface area contributed by atoms with E-state index in [1.54, 1.807) is 0 Å². The van der Waals surface area contributed by atoms with Crippen LogP contribution in [0.25, 0.3) is 0 Å². The first kappa shape index (κ1) is 11.5. The molecule has 0 amide bonds. The summed E-state index contributed by atoms with van der Waals surface area (Å²) in [5.74, 6) is 0.958. The monoisotopic (exact) mass is 219 g/mol. The number of hydrogen-bond donors (Lipinski definition) is 1. The van der Waals surface area contributed by atoms with Gasteiger partial charge in [0.15, 0.2) is 0 Å². The van der Waals surface area contributed by atoms with Crippen LogP contribution in [0.2, 0.25) is 0 Å². The fourth-order valence-corrected chi connectivity index (χ4v) is 2.29. The van der Waals surface area contributed by atoms with E-state index >= 15 is 0 Å². The minimum Gasteiger partial charge on any atom is -0.491 e. The highest BCUT2D eigenvalue weighted by Crippen LogP contribution is 2.50. The predicted octanol–water partition coefficient (Wildman–Crippen LogP) is 2.85. The van der Waals surface area contributed by atoms with Gasteiger partial charge in [-0.1, -0.05) is 12.1 Å². The number of rotatable bonds is 4. The smallest absolute Gasteiger partial charge is 0.119 e. The Morgan fingerprint density at radius 1 is 1.25 bits per heavy atom. The summed E-state index contributed by atoms with van der Waals surface area (Å²) in [6.45, 7) is 6.19. The lowest BCUT2D eigenvalue weighted by molar-refractivity contribution is 0.242. The van der Waals surface area contributed by atoms with Crippen molar-refractivity contribution in [3.63, 3.8) is 0 Å². The first-order valence-corrected chi connectivity index (χ1v) is 6.07. The van der Waals surface area contributed by atoms with Crippen LogP contribution in [0.5, 0.6) is 5.75 Å². The summed E-state index contributed by atoms with van der Waals surface area (Å²) in [5.41, 5.74) is 7.63. The maximum absolute atomic E-state index is 6.08. The van der Waals surface area contributed by atoms with Gasteiger partial charge in [0.2, 0.25) is 0 Å². The molecule has 1 atom stereocenters. The summed E-state index contributed by atoms with van der Waals surface area (Å²) in [6.07, 6.45) is 2.63. The van der Waals surface area contributed by atoms with Crippen molar-refractivity contribution >= 4 is 0 Å². The van der Waals surface area contributed by atoms with Gasteiger partial charge in [0.1, 0.15) is 5.75 Å². The second-order valence-corrected chi connectivity index (χ2v) is 5.14. The van der Waals surface area contributed by atoms with Crippen molar-refractivity contribution in [2.75, 3.05) is 0 Å². The molecule has 0 heterocycles. The Kier molecular flexibility index (Phi) is 2.94. The summed E-state index contributed by atoms with van der Waals surface area (Å²) in [4.78, 5) is 0. The average molecular weight is 219 g/mol. The Balaban J connectivity index is 2.23. The molecule has 1 aliphatic carbocycles. The Morgan fingerprint density at radius 3 is 2.44 bits per heavy atom. The Bertz CT molecular complexity index is 367. The lowest BCUT2D eigenvalue weighted by Crippen LogP contribution is -2.31. The van der Waals surface area contributed by atoms with Crippen molar-refractivity contribution in [3.05, 3.63) is 29.8 Å². The van der Waals surface area contributed by atoms with Gasteiger partial charge in [0, 0.05) is 11.5 Å². The molecule has 0 radical (unpaired) electrons. The van der Waals surface area contributed by atoms with Crippen molar-refractivity contribution in [1.29, 1.82) is 0 Å². The SMILES string of the molecule is CC(C)Oc1cccc(C2(C(C)N)CC2)c1. The van der Waals surface area contributed by atoms with Crippen LogP contribution in [0, 0.1) is 0 Å². The standard InChI is InChI=1S/C14H21NO/c1-10(2)16-13-6-4-5-12(9-13)14(7-8-14)11(3)15/h4-6,9-11H,7-8,15H2,1-3H3. The van der Waals surface area contributed by atoms with E-state index in [0.29, 0.717) is 0 Å². The largest absolute Gasteiger partial charge is 0.491 e. The maximum Gasteiger partial charge on any atom is 0.119 e. The average Bonchev–Trinajstić information content (AvgIpc) is 2.97. The summed E-state index contributed by atoms with van der Waals surface area (Å²) in [5, 5.41) is 0. The summed E-state index contributed by atoms with van der Waals surface area (Å²) in [6, 6.07) is 8.62. The molecule has 0 aliphatic heterocycles. The lowest BCUT2D eigenvalue weighted by atomic mass is 9.89. The fourth-order valence-electron chi connectivity index (χ4n) is 2.29. The van der Waals surface area contributed by atoms with E-state index in [1.807, 2.05) is 19.9 Å². The molecule has 0 saturated heterocycles. The number of benzene rings is 1. The zero-order valence-electron chi connectivity index (χ0n) is 10.4. The molecule has 1 saturated carbocycles. The van der Waals surface area contributed by atoms with Crippen LogP contribution in [0.15, 0.2) is 24.3 Å². The maximum atomic E-state index is 6.08. The summed E-state index contributed by atoms with van der Waals surface area (Å²) in [7, 11) is 0. The highest BCUT2D eigenvalue weighted by molar-refractivity contribution is 5.39. The summed E-state index contributed by atoms with van der Waals surface area (Å²) < 4.78 is 5.72. The molecule has 0 spiro atoms. The molecule has 1 unspecified atom stereocenters. The van der Waals surface area contributed by atoms with Crippen LogP contribution in [-0.4, -0.2) is 12.1 Å². The minimum atomic E-state index is 0.219. The number of ether oxygens (including phenoxy) is 1. The van der Waals surface area contributed by atoms with Gasteiger partial charge < -0.3 is 10.5 Å². The van der Waals surface area contributed by atoms with E-state index in [1.165, 1.54) is 18.4 Å². The van der Waals surface area contributed by atoms with Crippen molar-refractivity contribution < 1.29 is 4.74 Å². The van der Waals surface area contributed by atoms with E-state index in [9.17, 15) is 0 Å². The molecule has 1 aromatic carbocycles. The first-order valence-electron chi connectivity index (χ1n) is 6.07. The van der Waals surface area contributed by atoms with E-state index in [2.05, 4.69) is 25.1 Å². The van der Waals surface area contributed by atoms with Gasteiger partial charge in [-0.15, -0.1) is 0 Å². The molecule has 1 aliphatic rings. The quantitative estimate of drug-likeness (QED) is 0.845. The highest BCUT2D eigenvalue weighted by Gasteiger charge is 2.47. The number of nitrogens with two attached hydrogens (primary N) is 1. The molecular weight excluding hydrogens is 198 g/mol. The molecule has 2 nitrogen and oxygen atoms in total. The van der Waals surface area contributed by atoms with Gasteiger partial charge in [-0.25, -0.2) is 0 Å². The molecule has 0 aromatic heterocycles. The molecule has 2 rings (SSSR count). The van der Waals surface area contributed by atoms with Crippen molar-refractivity contribution in [3.8, 4) is 5.75 Å². The second-order valence-electron chi connectivity index (χ2n) is 5.14. The van der Waals surface area contributed by atoms with Gasteiger partial charge in [-0.05, 0) is 51.3 Å². The van der Waals surface area contributed by atoms with Gasteiger partial charge >= 0.3 is 0 Å². The van der Waals surface area contributed by atoms with E-state index < -0.39 is 0 Å². The zero-order valence-corrected chi connectivity index (χ0v) is 10.4. The van der Waals surface area contributed by atoms with Crippen LogP contribution >= 0.6 is 0 Å². The van der Waals surface area contributed by atoms with E-state index in [4.69, 9.17) is 10.5 Å². The predicted molar refractivity (Wildman–Crippen MR) is 66.8 cm³/mol. The lowest BCUT2D eigenvalue weighted by Gasteiger charge is -2.21. The normalized spacial score (nSPS) is 19.6. The zero-order chi connectivity index (χ0) is 11.8. The van der Waals surface area contributed by atoms with Gasteiger partial charge in [0.05, 0.1) is 6.10 Å². The van der Waals surface area contributed by atoms with E-state index in [-0.39, 0.29) is 17.6 Å². The molecule has 1 fully saturated rings. The van der Waals surface area contributed by atoms with Crippen LogP contribution in [-0.2, 0) is 5.41 Å². The fraction of sp³-hybridized carbons (Fsp3) is 0.571. The van der Waals surface area contributed by atoms with Crippen LogP contribution in [0.3, 0.4) is 0 Å². The van der Waals surface area contributed by atoms with Gasteiger partial charge in [-0.2, -0.15) is 0 Å². The third-order valence-electron chi connectivity index (χ3n) is 3.44. The number of hydrogen-bond acceptors (Lipinski definition) is 2. The Hall–Kier alpha value is -1.02. The van der Waals surface area contributed by atoms with Crippen molar-refractivity contribution in [1.82, 2.24) is 0 Å². The molecule has 1 aromatic rings. The Morgan fingerprint density at radius 2 is 1.94 bits per heavy atom. The van der Waals surface area contributed by atoms with Crippen LogP contribution in [0.4, 0.5) is 0 Å². The first-order chi connectivity index (χ1) is 7.54. The summed E-state index contributed by atoms with van der Waals surface area (Å²) >= 11 is 0. The van der Waals surface area contributed by atoms with E-state index in [0.717, 1.165) is 5.75 Å². The molecule has 2 N–H and O–H groups in total. The topological polar surface area (TPSA) is 35.2 Å². The highest BCUT2D eigenvalue weighted by atomic mass is 16.5. The van der Waals surface area contributed by atoms with Gasteiger partial charge in [-0.3, -0.25) is 0 Å². The van der Waals surface area contributed by atoms with Crippen molar-refractivity contribution in [2.24, 2.45) is 5.73 Å². The van der Waals surface area contributed by atoms with Crippen LogP contribution < -0.4 is 10.5 Å². The third-order valence-corrected chi connectivity index (χ3v) is 3.44. The van der Waals surface area contributed by atoms with Gasteiger partial charge in [0.25, 0.3) is 0 Å². The molecule has 0 bridgehead atoms.